The van der Waals surface area contributed by atoms with Crippen molar-refractivity contribution in [2.45, 2.75) is 33.5 Å². The molecule has 0 spiro atoms. The lowest BCUT2D eigenvalue weighted by Crippen LogP contribution is -2.24. The maximum absolute atomic E-state index is 14.0. The molecule has 1 aromatic carbocycles. The van der Waals surface area contributed by atoms with E-state index in [4.69, 9.17) is 0 Å². The molecule has 0 aliphatic carbocycles. The third-order valence-corrected chi connectivity index (χ3v) is 4.06. The van der Waals surface area contributed by atoms with E-state index in [-0.39, 0.29) is 29.2 Å². The Bertz CT molecular complexity index is 1050. The normalized spacial score (nSPS) is 12.2. The maximum Gasteiger partial charge on any atom is 0.417 e. The molecule has 0 saturated carbocycles. The van der Waals surface area contributed by atoms with Gasteiger partial charge in [0.05, 0.1) is 12.1 Å². The zero-order valence-electron chi connectivity index (χ0n) is 17.2. The van der Waals surface area contributed by atoms with E-state index in [2.05, 4.69) is 26.9 Å². The van der Waals surface area contributed by atoms with Crippen LogP contribution < -0.4 is 5.32 Å². The van der Waals surface area contributed by atoms with Gasteiger partial charge in [-0.25, -0.2) is 8.78 Å². The maximum atomic E-state index is 14.0. The van der Waals surface area contributed by atoms with Crippen molar-refractivity contribution in [2.75, 3.05) is 0 Å². The molecule has 1 heterocycles. The monoisotopic (exact) mass is 436 g/mol. The molecule has 1 aromatic heterocycles. The Balaban J connectivity index is 2.41. The van der Waals surface area contributed by atoms with Gasteiger partial charge in [-0.2, -0.15) is 13.2 Å². The zero-order valence-corrected chi connectivity index (χ0v) is 17.2. The highest BCUT2D eigenvalue weighted by Gasteiger charge is 2.31. The van der Waals surface area contributed by atoms with Gasteiger partial charge in [-0.3, -0.25) is 15.0 Å². The summed E-state index contributed by atoms with van der Waals surface area (Å²) in [6.45, 7) is 8.85. The number of amidine groups is 1. The summed E-state index contributed by atoms with van der Waals surface area (Å²) in [6.07, 6.45) is -1.09. The highest BCUT2D eigenvalue weighted by atomic mass is 19.4. The van der Waals surface area contributed by atoms with Gasteiger partial charge in [0.1, 0.15) is 17.3 Å². The van der Waals surface area contributed by atoms with Gasteiger partial charge >= 0.3 is 6.18 Å². The number of hydrogen-bond acceptors (Lipinski definition) is 3. The summed E-state index contributed by atoms with van der Waals surface area (Å²) >= 11 is 0. The summed E-state index contributed by atoms with van der Waals surface area (Å²) in [5.74, 6) is -1.31. The van der Waals surface area contributed by atoms with E-state index in [1.54, 1.807) is 20.8 Å². The van der Waals surface area contributed by atoms with Gasteiger partial charge in [0.15, 0.2) is 5.84 Å². The lowest BCUT2D eigenvalue weighted by Gasteiger charge is -2.15. The van der Waals surface area contributed by atoms with E-state index in [0.717, 1.165) is 23.8 Å². The Labute approximate surface area is 177 Å². The quantitative estimate of drug-likeness (QED) is 0.347. The molecule has 0 fully saturated rings. The first-order valence-electron chi connectivity index (χ1n) is 9.16. The summed E-state index contributed by atoms with van der Waals surface area (Å²) in [5, 5.41) is 2.86. The molecule has 0 aliphatic heterocycles. The third kappa shape index (κ3) is 6.56. The second-order valence-electron chi connectivity index (χ2n) is 6.70. The minimum absolute atomic E-state index is 0.0991. The number of alkyl halides is 3. The summed E-state index contributed by atoms with van der Waals surface area (Å²) < 4.78 is 66.1. The van der Waals surface area contributed by atoms with Gasteiger partial charge in [0.25, 0.3) is 0 Å². The van der Waals surface area contributed by atoms with Crippen LogP contribution in [0.2, 0.25) is 0 Å². The van der Waals surface area contributed by atoms with E-state index in [9.17, 15) is 22.0 Å². The predicted molar refractivity (Wildman–Crippen MR) is 111 cm³/mol. The van der Waals surface area contributed by atoms with E-state index in [1.165, 1.54) is 18.5 Å². The molecule has 0 amide bonds. The molecule has 164 valence electrons. The first kappa shape index (κ1) is 23.9. The average Bonchev–Trinajstić information content (AvgIpc) is 2.69. The SMILES string of the molecule is C=C(NC(=NCc1ccc(F)cc1F)C(N=CC)=C(C)C)c1cncc(C(F)(F)F)c1. The van der Waals surface area contributed by atoms with Crippen molar-refractivity contribution in [1.82, 2.24) is 10.3 Å². The van der Waals surface area contributed by atoms with Crippen molar-refractivity contribution >= 4 is 17.7 Å². The number of nitrogens with zero attached hydrogens (tertiary/aromatic N) is 3. The Morgan fingerprint density at radius 3 is 2.45 bits per heavy atom. The number of halogens is 5. The van der Waals surface area contributed by atoms with Crippen molar-refractivity contribution < 1.29 is 22.0 Å². The molecule has 0 aliphatic rings. The average molecular weight is 436 g/mol. The number of hydrogen-bond donors (Lipinski definition) is 1. The third-order valence-electron chi connectivity index (χ3n) is 4.06. The summed E-state index contributed by atoms with van der Waals surface area (Å²) in [7, 11) is 0. The number of nitrogens with one attached hydrogen (secondary N) is 1. The number of allylic oxidation sites excluding steroid dienone is 1. The first-order chi connectivity index (χ1) is 14.5. The Kier molecular flexibility index (Phi) is 7.79. The largest absolute Gasteiger partial charge is 0.417 e. The first-order valence-corrected chi connectivity index (χ1v) is 9.16. The van der Waals surface area contributed by atoms with Crippen molar-refractivity contribution in [3.8, 4) is 0 Å². The number of aliphatic imine (C=N–C) groups is 2. The minimum atomic E-state index is -4.56. The Morgan fingerprint density at radius 2 is 1.87 bits per heavy atom. The van der Waals surface area contributed by atoms with E-state index >= 15 is 0 Å². The molecule has 2 rings (SSSR count). The van der Waals surface area contributed by atoms with Crippen LogP contribution in [0.15, 0.2) is 64.5 Å². The van der Waals surface area contributed by atoms with Crippen molar-refractivity contribution in [3.63, 3.8) is 0 Å². The van der Waals surface area contributed by atoms with Crippen LogP contribution in [0, 0.1) is 11.6 Å². The van der Waals surface area contributed by atoms with Crippen LogP contribution in [-0.4, -0.2) is 17.0 Å². The molecule has 0 atom stereocenters. The molecule has 2 aromatic rings. The summed E-state index contributed by atoms with van der Waals surface area (Å²) in [5.41, 5.74) is 0.575. The number of rotatable bonds is 6. The summed E-state index contributed by atoms with van der Waals surface area (Å²) in [4.78, 5) is 12.2. The molecule has 0 unspecified atom stereocenters. The van der Waals surface area contributed by atoms with Gasteiger partial charge in [0.2, 0.25) is 0 Å². The van der Waals surface area contributed by atoms with Crippen molar-refractivity contribution in [2.24, 2.45) is 9.98 Å². The highest BCUT2D eigenvalue weighted by molar-refractivity contribution is 6.03. The fourth-order valence-corrected chi connectivity index (χ4v) is 2.52. The highest BCUT2D eigenvalue weighted by Crippen LogP contribution is 2.29. The van der Waals surface area contributed by atoms with E-state index in [0.29, 0.717) is 11.9 Å². The second kappa shape index (κ2) is 10.1. The molecular formula is C22H21F5N4. The molecule has 9 heteroatoms. The second-order valence-corrected chi connectivity index (χ2v) is 6.70. The van der Waals surface area contributed by atoms with E-state index in [1.807, 2.05) is 0 Å². The van der Waals surface area contributed by atoms with Crippen LogP contribution in [0.5, 0.6) is 0 Å². The number of pyridine rings is 1. The lowest BCUT2D eigenvalue weighted by atomic mass is 10.1. The summed E-state index contributed by atoms with van der Waals surface area (Å²) in [6, 6.07) is 4.03. The van der Waals surface area contributed by atoms with E-state index < -0.39 is 23.4 Å². The van der Waals surface area contributed by atoms with Crippen LogP contribution in [0.25, 0.3) is 5.70 Å². The molecule has 31 heavy (non-hydrogen) atoms. The van der Waals surface area contributed by atoms with Gasteiger partial charge in [-0.05, 0) is 38.5 Å². The van der Waals surface area contributed by atoms with Gasteiger partial charge < -0.3 is 5.32 Å². The Morgan fingerprint density at radius 1 is 1.16 bits per heavy atom. The molecule has 4 nitrogen and oxygen atoms in total. The smallest absolute Gasteiger partial charge is 0.339 e. The number of aromatic nitrogens is 1. The zero-order chi connectivity index (χ0) is 23.2. The predicted octanol–water partition coefficient (Wildman–Crippen LogP) is 5.92. The van der Waals surface area contributed by atoms with Crippen LogP contribution in [-0.2, 0) is 12.7 Å². The number of benzene rings is 1. The van der Waals surface area contributed by atoms with Gasteiger partial charge in [-0.1, -0.05) is 12.6 Å². The molecule has 0 saturated heterocycles. The standard InChI is InChI=1S/C22H21F5N4/c1-5-29-20(13(2)3)21(30-11-15-6-7-18(23)9-19(15)24)31-14(4)16-8-17(12-28-10-16)22(25,26)27/h5-10,12H,4,11H2,1-3H3,(H,30,31). The minimum Gasteiger partial charge on any atom is -0.339 e. The van der Waals surface area contributed by atoms with Crippen LogP contribution >= 0.6 is 0 Å². The Hall–Kier alpha value is -3.36. The van der Waals surface area contributed by atoms with Crippen LogP contribution in [0.1, 0.15) is 37.5 Å². The van der Waals surface area contributed by atoms with Gasteiger partial charge in [-0.15, -0.1) is 0 Å². The lowest BCUT2D eigenvalue weighted by molar-refractivity contribution is -0.137. The molecule has 0 bridgehead atoms. The fraction of sp³-hybridized carbons (Fsp3) is 0.227. The van der Waals surface area contributed by atoms with Crippen molar-refractivity contribution in [3.05, 3.63) is 82.8 Å². The molecule has 1 N–H and O–H groups in total. The topological polar surface area (TPSA) is 49.6 Å². The molecular weight excluding hydrogens is 415 g/mol. The molecule has 0 radical (unpaired) electrons. The van der Waals surface area contributed by atoms with Crippen LogP contribution in [0.3, 0.4) is 0 Å². The van der Waals surface area contributed by atoms with Crippen molar-refractivity contribution in [1.29, 1.82) is 0 Å². The fourth-order valence-electron chi connectivity index (χ4n) is 2.52. The van der Waals surface area contributed by atoms with Crippen LogP contribution in [0.4, 0.5) is 22.0 Å². The van der Waals surface area contributed by atoms with Gasteiger partial charge in [0, 0.05) is 41.5 Å².